The van der Waals surface area contributed by atoms with Crippen molar-refractivity contribution in [2.45, 2.75) is 52.6 Å². The van der Waals surface area contributed by atoms with Crippen LogP contribution in [-0.2, 0) is 19.1 Å². The van der Waals surface area contributed by atoms with E-state index in [1.807, 2.05) is 73.8 Å². The first-order chi connectivity index (χ1) is 18.8. The third-order valence-corrected chi connectivity index (χ3v) is 19.4. The molecule has 5 nitrogen and oxygen atoms in total. The van der Waals surface area contributed by atoms with E-state index < -0.39 is 25.8 Å². The van der Waals surface area contributed by atoms with Gasteiger partial charge in [-0.15, -0.1) is 0 Å². The zero-order valence-corrected chi connectivity index (χ0v) is 27.2. The Balaban J connectivity index is 2.53. The average molecular weight is 596 g/mol. The van der Waals surface area contributed by atoms with E-state index in [1.165, 1.54) is 14.2 Å². The van der Waals surface area contributed by atoms with Crippen LogP contribution in [0.3, 0.4) is 0 Å². The molecule has 3 aromatic rings. The van der Waals surface area contributed by atoms with E-state index >= 15 is 0 Å². The summed E-state index contributed by atoms with van der Waals surface area (Å²) in [7, 11) is -0.439. The molecule has 1 aliphatic heterocycles. The van der Waals surface area contributed by atoms with Gasteiger partial charge >= 0.3 is 244 Å². The van der Waals surface area contributed by atoms with Gasteiger partial charge in [0.1, 0.15) is 0 Å². The molecule has 40 heavy (non-hydrogen) atoms. The van der Waals surface area contributed by atoms with Crippen LogP contribution in [0.4, 0.5) is 5.69 Å². The normalized spacial score (nSPS) is 18.4. The van der Waals surface area contributed by atoms with Crippen molar-refractivity contribution in [2.75, 3.05) is 14.2 Å². The molecule has 0 aliphatic carbocycles. The molecule has 3 aromatic carbocycles. The first kappa shape index (κ1) is 30.0. The number of nitrogens with zero attached hydrogens (tertiary/aromatic N) is 1. The second-order valence-electron chi connectivity index (χ2n) is 11.5. The molecular formula is C32H39ClNO4PSi. The molecule has 212 valence electrons. The summed E-state index contributed by atoms with van der Waals surface area (Å²) in [6, 6.07) is 26.3. The van der Waals surface area contributed by atoms with Crippen LogP contribution >= 0.6 is 18.1 Å². The number of methoxy groups -OCH3 is 2. The molecule has 0 aromatic heterocycles. The summed E-state index contributed by atoms with van der Waals surface area (Å²) >= 11 is 8.04. The molecule has 0 radical (unpaired) electrons. The van der Waals surface area contributed by atoms with Gasteiger partial charge in [0.2, 0.25) is 0 Å². The van der Waals surface area contributed by atoms with Gasteiger partial charge in [0.05, 0.1) is 0 Å². The second kappa shape index (κ2) is 10.8. The van der Waals surface area contributed by atoms with Crippen LogP contribution in [0, 0.1) is 0 Å². The van der Waals surface area contributed by atoms with Gasteiger partial charge in [0.15, 0.2) is 0 Å². The van der Waals surface area contributed by atoms with Crippen molar-refractivity contribution in [1.29, 1.82) is 0 Å². The Morgan fingerprint density at radius 2 is 1.15 bits per heavy atom. The van der Waals surface area contributed by atoms with E-state index in [9.17, 15) is 9.59 Å². The molecule has 0 amide bonds. The zero-order valence-electron chi connectivity index (χ0n) is 24.6. The summed E-state index contributed by atoms with van der Waals surface area (Å²) in [5, 5.41) is 2.38. The summed E-state index contributed by atoms with van der Waals surface area (Å²) in [6.07, 6.45) is 0. The molecule has 4 rings (SSSR count). The summed E-state index contributed by atoms with van der Waals surface area (Å²) in [5.74, 6) is -0.862. The quantitative estimate of drug-likeness (QED) is 0.123. The van der Waals surface area contributed by atoms with Crippen LogP contribution in [0.5, 0.6) is 0 Å². The molecular weight excluding hydrogens is 557 g/mol. The Labute approximate surface area is 243 Å². The SMILES string of the molecule is COC(=O)C1=C(C(=O)OC)[Si-](C)(C)(Cl)[N+](c2c(C(C)C)cccc2C(C)C)=P1(c1ccccc1)c1ccccc1. The summed E-state index contributed by atoms with van der Waals surface area (Å²) < 4.78 is 13.2. The number of esters is 2. The minimum atomic E-state index is -4.33. The Morgan fingerprint density at radius 3 is 1.52 bits per heavy atom. The number of rotatable bonds is 7. The predicted molar refractivity (Wildman–Crippen MR) is 168 cm³/mol. The van der Waals surface area contributed by atoms with Gasteiger partial charge in [0.25, 0.3) is 0 Å². The van der Waals surface area contributed by atoms with Crippen molar-refractivity contribution in [2.24, 2.45) is 0 Å². The van der Waals surface area contributed by atoms with Crippen molar-refractivity contribution in [3.63, 3.8) is 0 Å². The zero-order chi connectivity index (χ0) is 29.5. The second-order valence-corrected chi connectivity index (χ2v) is 23.6. The first-order valence-electron chi connectivity index (χ1n) is 13.6. The number of halogens is 1. The van der Waals surface area contributed by atoms with Gasteiger partial charge in [0, 0.05) is 0 Å². The van der Waals surface area contributed by atoms with Crippen molar-refractivity contribution >= 4 is 53.2 Å². The first-order valence-corrected chi connectivity index (χ1v) is 19.8. The van der Waals surface area contributed by atoms with Gasteiger partial charge in [-0.25, -0.2) is 0 Å². The number of para-hydroxylation sites is 1. The Morgan fingerprint density at radius 1 is 0.725 bits per heavy atom. The van der Waals surface area contributed by atoms with E-state index in [1.54, 1.807) is 0 Å². The van der Waals surface area contributed by atoms with Gasteiger partial charge in [-0.2, -0.15) is 0 Å². The predicted octanol–water partition coefficient (Wildman–Crippen LogP) is 7.48. The van der Waals surface area contributed by atoms with Crippen LogP contribution in [0.1, 0.15) is 50.7 Å². The van der Waals surface area contributed by atoms with Crippen molar-refractivity contribution < 1.29 is 23.1 Å². The standard InChI is InChI=1S/C32H39ClNO4PSi/c1-22(2)26-20-15-21-27(23(3)4)28(26)34-39(24-16-11-9-12-17-24,25-18-13-10-14-19-25)29(31(35)37-5)30(32(36)38-6)40(34,7,8)33/h9-23H,1-8H3. The van der Waals surface area contributed by atoms with E-state index in [0.29, 0.717) is 5.31 Å². The number of hydrogen-bond donors (Lipinski definition) is 0. The molecule has 0 N–H and O–H groups in total. The number of carbonyl (C=O) groups excluding carboxylic acids is 2. The number of benzene rings is 3. The van der Waals surface area contributed by atoms with Crippen LogP contribution in [-0.4, -0.2) is 37.0 Å². The fourth-order valence-corrected chi connectivity index (χ4v) is 20.9. The van der Waals surface area contributed by atoms with Crippen LogP contribution < -0.4 is 10.6 Å². The molecule has 1 aliphatic rings. The van der Waals surface area contributed by atoms with Crippen LogP contribution in [0.25, 0.3) is 0 Å². The fourth-order valence-electron chi connectivity index (χ4n) is 6.11. The molecule has 1 heterocycles. The molecule has 0 saturated heterocycles. The van der Waals surface area contributed by atoms with Gasteiger partial charge < -0.3 is 0 Å². The number of hydrogen-bond acceptors (Lipinski definition) is 4. The van der Waals surface area contributed by atoms with Gasteiger partial charge in [-0.1, -0.05) is 0 Å². The topological polar surface area (TPSA) is 55.6 Å². The van der Waals surface area contributed by atoms with E-state index in [0.717, 1.165) is 27.4 Å². The number of carbonyl (C=O) groups is 2. The van der Waals surface area contributed by atoms with Crippen molar-refractivity contribution in [3.8, 4) is 0 Å². The molecule has 0 saturated carbocycles. The third kappa shape index (κ3) is 4.51. The van der Waals surface area contributed by atoms with Gasteiger partial charge in [-0.3, -0.25) is 0 Å². The Hall–Kier alpha value is -2.92. The van der Waals surface area contributed by atoms with E-state index in [2.05, 4.69) is 49.9 Å². The van der Waals surface area contributed by atoms with Gasteiger partial charge in [-0.05, 0) is 0 Å². The summed E-state index contributed by atoms with van der Waals surface area (Å²) in [6.45, 7) is 8.25. The summed E-state index contributed by atoms with van der Waals surface area (Å²) in [4.78, 5) is 28.0. The Bertz CT molecular complexity index is 1480. The fraction of sp³-hybridized carbons (Fsp3) is 0.312. The van der Waals surface area contributed by atoms with Crippen LogP contribution in [0.15, 0.2) is 89.4 Å². The average Bonchev–Trinajstić information content (AvgIpc) is 3.12. The van der Waals surface area contributed by atoms with Crippen LogP contribution in [0.2, 0.25) is 13.1 Å². The monoisotopic (exact) mass is 595 g/mol. The molecule has 0 unspecified atom stereocenters. The number of ether oxygens (including phenoxy) is 2. The maximum absolute atomic E-state index is 14.1. The molecule has 0 atom stereocenters. The molecule has 0 fully saturated rings. The minimum absolute atomic E-state index is 0.151. The van der Waals surface area contributed by atoms with E-state index in [-0.39, 0.29) is 17.0 Å². The van der Waals surface area contributed by atoms with E-state index in [4.69, 9.17) is 20.6 Å². The molecule has 0 spiro atoms. The van der Waals surface area contributed by atoms with Crippen molar-refractivity contribution in [1.82, 2.24) is 0 Å². The summed E-state index contributed by atoms with van der Waals surface area (Å²) in [5.41, 5.74) is 3.21. The third-order valence-electron chi connectivity index (χ3n) is 7.76. The van der Waals surface area contributed by atoms with Crippen molar-refractivity contribution in [3.05, 3.63) is 101 Å². The maximum atomic E-state index is 14.1. The molecule has 8 heteroatoms. The molecule has 0 bridgehead atoms. The Kier molecular flexibility index (Phi) is 8.12.